The molecule has 5 heteroatoms. The maximum atomic E-state index is 10.2. The van der Waals surface area contributed by atoms with Crippen molar-refractivity contribution in [2.45, 2.75) is 0 Å². The molecule has 0 saturated carbocycles. The first-order chi connectivity index (χ1) is 15.3. The van der Waals surface area contributed by atoms with E-state index in [9.17, 15) is 15.2 Å². The number of aromatic hydroxyl groups is 1. The third-order valence-electron chi connectivity index (χ3n) is 2.97. The molecule has 0 spiro atoms. The normalized spacial score (nSPS) is 16.4. The topological polar surface area (TPSA) is 63.9 Å². The summed E-state index contributed by atoms with van der Waals surface area (Å²) in [6, 6.07) is -3.99. The highest BCUT2D eigenvalue weighted by Crippen LogP contribution is 2.34. The van der Waals surface area contributed by atoms with E-state index in [2.05, 4.69) is 0 Å². The first kappa shape index (κ1) is 7.21. The van der Waals surface area contributed by atoms with Crippen molar-refractivity contribution in [3.05, 3.63) is 78.6 Å². The van der Waals surface area contributed by atoms with Crippen molar-refractivity contribution < 1.29 is 28.9 Å². The number of rotatable bonds is 4. The Morgan fingerprint density at radius 3 is 1.74 bits per heavy atom. The van der Waals surface area contributed by atoms with Crippen LogP contribution in [0.5, 0.6) is 5.75 Å². The standard InChI is InChI=1S/C18H16BNO3/c21-18-13-16(11-12-17(18)19(22)23)20(14-7-3-1-4-8-14)15-9-5-2-6-10-15/h1-13,21-23H/i1D,2D,3D,4D,5D,6D,7D,8D,9D,10D. The first-order valence-electron chi connectivity index (χ1n) is 11.4. The molecule has 0 amide bonds. The Hall–Kier alpha value is -2.76. The summed E-state index contributed by atoms with van der Waals surface area (Å²) in [7, 11) is -2.05. The molecule has 0 aliphatic heterocycles. The second kappa shape index (κ2) is 6.56. The molecular formula is C18H16BNO3. The molecule has 4 nitrogen and oxygen atoms in total. The highest BCUT2D eigenvalue weighted by molar-refractivity contribution is 6.59. The van der Waals surface area contributed by atoms with Gasteiger partial charge in [0.2, 0.25) is 0 Å². The van der Waals surface area contributed by atoms with Gasteiger partial charge in [0, 0.05) is 28.6 Å². The predicted octanol–water partition coefficient (Wildman–Crippen LogP) is 2.54. The number of benzene rings is 3. The summed E-state index contributed by atoms with van der Waals surface area (Å²) in [5.74, 6) is -0.646. The Labute approximate surface area is 149 Å². The van der Waals surface area contributed by atoms with Gasteiger partial charge in [-0.25, -0.2) is 0 Å². The zero-order chi connectivity index (χ0) is 24.9. The van der Waals surface area contributed by atoms with Crippen molar-refractivity contribution in [3.63, 3.8) is 0 Å². The molecule has 0 aromatic heterocycles. The molecular weight excluding hydrogens is 289 g/mol. The fourth-order valence-corrected chi connectivity index (χ4v) is 1.97. The minimum atomic E-state index is -2.05. The van der Waals surface area contributed by atoms with Gasteiger partial charge in [0.15, 0.2) is 0 Å². The molecule has 0 atom stereocenters. The number of phenolic OH excluding ortho intramolecular Hbond substituents is 1. The van der Waals surface area contributed by atoms with E-state index in [4.69, 9.17) is 13.7 Å². The summed E-state index contributed by atoms with van der Waals surface area (Å²) < 4.78 is 80.7. The molecule has 23 heavy (non-hydrogen) atoms. The minimum Gasteiger partial charge on any atom is -0.508 e. The molecule has 0 aliphatic carbocycles. The lowest BCUT2D eigenvalue weighted by atomic mass is 9.79. The maximum Gasteiger partial charge on any atom is 0.492 e. The summed E-state index contributed by atoms with van der Waals surface area (Å²) in [4.78, 5) is 0.841. The van der Waals surface area contributed by atoms with E-state index in [0.29, 0.717) is 0 Å². The summed E-state index contributed by atoms with van der Waals surface area (Å²) in [6.07, 6.45) is 0. The van der Waals surface area contributed by atoms with Gasteiger partial charge in [-0.05, 0) is 30.2 Å². The van der Waals surface area contributed by atoms with Crippen LogP contribution in [0.1, 0.15) is 13.7 Å². The smallest absolute Gasteiger partial charge is 0.492 e. The van der Waals surface area contributed by atoms with Gasteiger partial charge in [-0.3, -0.25) is 0 Å². The third-order valence-corrected chi connectivity index (χ3v) is 2.97. The van der Waals surface area contributed by atoms with Crippen LogP contribution in [-0.4, -0.2) is 22.3 Å². The van der Waals surface area contributed by atoms with Crippen molar-refractivity contribution >= 4 is 29.6 Å². The van der Waals surface area contributed by atoms with E-state index in [1.165, 1.54) is 6.07 Å². The number of para-hydroxylation sites is 2. The number of hydrogen-bond acceptors (Lipinski definition) is 4. The van der Waals surface area contributed by atoms with Crippen LogP contribution in [-0.2, 0) is 0 Å². The van der Waals surface area contributed by atoms with Crippen molar-refractivity contribution in [1.29, 1.82) is 0 Å². The zero-order valence-corrected chi connectivity index (χ0v) is 11.6. The number of anilines is 3. The largest absolute Gasteiger partial charge is 0.508 e. The lowest BCUT2D eigenvalue weighted by molar-refractivity contribution is 0.419. The Balaban J connectivity index is 2.51. The lowest BCUT2D eigenvalue weighted by Crippen LogP contribution is -2.30. The molecule has 3 aromatic rings. The minimum absolute atomic E-state index is 0.158. The fourth-order valence-electron chi connectivity index (χ4n) is 1.97. The molecule has 0 heterocycles. The predicted molar refractivity (Wildman–Crippen MR) is 92.6 cm³/mol. The lowest BCUT2D eigenvalue weighted by Gasteiger charge is -2.25. The summed E-state index contributed by atoms with van der Waals surface area (Å²) in [6.45, 7) is 0. The average molecular weight is 315 g/mol. The van der Waals surface area contributed by atoms with Crippen LogP contribution >= 0.6 is 0 Å². The van der Waals surface area contributed by atoms with E-state index in [-0.39, 0.29) is 11.2 Å². The van der Waals surface area contributed by atoms with Gasteiger partial charge >= 0.3 is 7.12 Å². The fraction of sp³-hybridized carbons (Fsp3) is 0. The van der Waals surface area contributed by atoms with E-state index in [1.807, 2.05) is 0 Å². The third kappa shape index (κ3) is 3.21. The summed E-state index contributed by atoms with van der Waals surface area (Å²) in [5, 5.41) is 29.0. The van der Waals surface area contributed by atoms with Crippen molar-refractivity contribution in [1.82, 2.24) is 0 Å². The van der Waals surface area contributed by atoms with Crippen LogP contribution in [0.2, 0.25) is 0 Å². The molecule has 3 rings (SSSR count). The Bertz CT molecular complexity index is 1160. The van der Waals surface area contributed by atoms with Gasteiger partial charge in [-0.1, -0.05) is 42.3 Å². The van der Waals surface area contributed by atoms with Gasteiger partial charge in [0.05, 0.1) is 13.7 Å². The van der Waals surface area contributed by atoms with Crippen LogP contribution in [0.15, 0.2) is 78.6 Å². The molecule has 0 unspecified atom stereocenters. The van der Waals surface area contributed by atoms with Gasteiger partial charge in [-0.2, -0.15) is 0 Å². The molecule has 0 aliphatic rings. The molecule has 0 radical (unpaired) electrons. The summed E-state index contributed by atoms with van der Waals surface area (Å²) in [5.41, 5.74) is -1.53. The molecule has 3 N–H and O–H groups in total. The molecule has 0 fully saturated rings. The Morgan fingerprint density at radius 1 is 0.783 bits per heavy atom. The van der Waals surface area contributed by atoms with Crippen molar-refractivity contribution in [2.24, 2.45) is 0 Å². The quantitative estimate of drug-likeness (QED) is 0.648. The number of hydrogen-bond donors (Lipinski definition) is 3. The first-order valence-corrected chi connectivity index (χ1v) is 6.44. The van der Waals surface area contributed by atoms with Gasteiger partial charge in [-0.15, -0.1) is 0 Å². The molecule has 0 saturated heterocycles. The van der Waals surface area contributed by atoms with Crippen LogP contribution in [0.3, 0.4) is 0 Å². The summed E-state index contributed by atoms with van der Waals surface area (Å²) >= 11 is 0. The van der Waals surface area contributed by atoms with Crippen LogP contribution in [0, 0.1) is 0 Å². The monoisotopic (exact) mass is 315 g/mol. The van der Waals surface area contributed by atoms with Gasteiger partial charge in [0.1, 0.15) is 5.75 Å². The van der Waals surface area contributed by atoms with E-state index < -0.39 is 84.7 Å². The highest BCUT2D eigenvalue weighted by atomic mass is 16.4. The van der Waals surface area contributed by atoms with Crippen molar-refractivity contribution in [3.8, 4) is 5.75 Å². The Kier molecular flexibility index (Phi) is 2.06. The Morgan fingerprint density at radius 2 is 1.30 bits per heavy atom. The van der Waals surface area contributed by atoms with E-state index >= 15 is 0 Å². The second-order valence-corrected chi connectivity index (χ2v) is 4.40. The van der Waals surface area contributed by atoms with Crippen LogP contribution in [0.4, 0.5) is 17.1 Å². The van der Waals surface area contributed by atoms with E-state index in [1.54, 1.807) is 0 Å². The molecule has 114 valence electrons. The molecule has 3 aromatic carbocycles. The maximum absolute atomic E-state index is 10.2. The van der Waals surface area contributed by atoms with Gasteiger partial charge in [0.25, 0.3) is 0 Å². The van der Waals surface area contributed by atoms with Gasteiger partial charge < -0.3 is 20.1 Å². The van der Waals surface area contributed by atoms with Crippen molar-refractivity contribution in [2.75, 3.05) is 4.90 Å². The number of nitrogens with zero attached hydrogens (tertiary/aromatic N) is 1. The number of phenols is 1. The molecule has 0 bridgehead atoms. The van der Waals surface area contributed by atoms with E-state index in [0.717, 1.165) is 17.0 Å². The highest BCUT2D eigenvalue weighted by Gasteiger charge is 2.19. The van der Waals surface area contributed by atoms with Crippen LogP contribution < -0.4 is 10.4 Å². The average Bonchev–Trinajstić information content (AvgIpc) is 2.77. The second-order valence-electron chi connectivity index (χ2n) is 4.40. The SMILES string of the molecule is [2H]c1c([2H])c([2H])c(N(c2ccc(B(O)O)c(O)c2)c2c([2H])c([2H])c([2H])c([2H])c2[2H])c([2H])c1[2H]. The zero-order valence-electron chi connectivity index (χ0n) is 21.6. The van der Waals surface area contributed by atoms with Crippen LogP contribution in [0.25, 0.3) is 0 Å².